The van der Waals surface area contributed by atoms with Crippen molar-refractivity contribution in [2.75, 3.05) is 26.4 Å². The highest BCUT2D eigenvalue weighted by molar-refractivity contribution is 5.76. The molecule has 0 aromatic rings. The minimum absolute atomic E-state index is 0.132. The second-order valence-corrected chi connectivity index (χ2v) is 4.56. The summed E-state index contributed by atoms with van der Waals surface area (Å²) in [4.78, 5) is 11.7. The summed E-state index contributed by atoms with van der Waals surface area (Å²) in [5, 5.41) is 3.26. The molecule has 1 aliphatic heterocycles. The monoisotopic (exact) mass is 243 g/mol. The molecule has 1 saturated heterocycles. The first kappa shape index (κ1) is 12.8. The molecule has 5 nitrogen and oxygen atoms in total. The van der Waals surface area contributed by atoms with E-state index in [9.17, 15) is 4.79 Å². The van der Waals surface area contributed by atoms with E-state index >= 15 is 0 Å². The van der Waals surface area contributed by atoms with Crippen molar-refractivity contribution in [1.82, 2.24) is 5.32 Å². The number of rotatable bonds is 7. The van der Waals surface area contributed by atoms with Crippen LogP contribution in [0.15, 0.2) is 0 Å². The lowest BCUT2D eigenvalue weighted by atomic mass is 10.3. The average molecular weight is 243 g/mol. The fraction of sp³-hybridized carbons (Fsp3) is 0.917. The van der Waals surface area contributed by atoms with Gasteiger partial charge in [0.1, 0.15) is 6.04 Å². The van der Waals surface area contributed by atoms with Crippen molar-refractivity contribution in [2.45, 2.75) is 44.4 Å². The molecule has 0 aromatic heterocycles. The Morgan fingerprint density at radius 1 is 1.47 bits per heavy atom. The van der Waals surface area contributed by atoms with E-state index in [2.05, 4.69) is 5.32 Å². The predicted octanol–water partition coefficient (Wildman–Crippen LogP) is 0.476. The van der Waals surface area contributed by atoms with Crippen molar-refractivity contribution < 1.29 is 19.0 Å². The minimum Gasteiger partial charge on any atom is -0.465 e. The van der Waals surface area contributed by atoms with Crippen molar-refractivity contribution in [3.05, 3.63) is 0 Å². The summed E-state index contributed by atoms with van der Waals surface area (Å²) in [6, 6.07) is 0.135. The summed E-state index contributed by atoms with van der Waals surface area (Å²) < 4.78 is 15.9. The molecule has 98 valence electrons. The van der Waals surface area contributed by atoms with Gasteiger partial charge in [0.2, 0.25) is 0 Å². The molecule has 2 aliphatic rings. The van der Waals surface area contributed by atoms with Crippen molar-refractivity contribution >= 4 is 5.97 Å². The van der Waals surface area contributed by atoms with E-state index < -0.39 is 0 Å². The zero-order valence-electron chi connectivity index (χ0n) is 10.3. The first-order valence-corrected chi connectivity index (χ1v) is 6.41. The molecule has 17 heavy (non-hydrogen) atoms. The molecular formula is C12H21NO4. The van der Waals surface area contributed by atoms with Crippen molar-refractivity contribution in [2.24, 2.45) is 0 Å². The lowest BCUT2D eigenvalue weighted by Crippen LogP contribution is -2.43. The lowest BCUT2D eigenvalue weighted by molar-refractivity contribution is -0.148. The zero-order chi connectivity index (χ0) is 12.1. The third-order valence-electron chi connectivity index (χ3n) is 2.97. The van der Waals surface area contributed by atoms with Gasteiger partial charge in [0.25, 0.3) is 0 Å². The van der Waals surface area contributed by atoms with Gasteiger partial charge < -0.3 is 14.2 Å². The number of nitrogens with one attached hydrogen (secondary N) is 1. The van der Waals surface area contributed by atoms with Crippen LogP contribution in [0.4, 0.5) is 0 Å². The number of esters is 1. The van der Waals surface area contributed by atoms with E-state index in [0.717, 1.165) is 25.9 Å². The lowest BCUT2D eigenvalue weighted by Gasteiger charge is -2.19. The zero-order valence-corrected chi connectivity index (χ0v) is 10.3. The van der Waals surface area contributed by atoms with Crippen LogP contribution >= 0.6 is 0 Å². The number of carbonyl (C=O) groups is 1. The maximum absolute atomic E-state index is 11.7. The summed E-state index contributed by atoms with van der Waals surface area (Å²) in [5.41, 5.74) is 0. The third-order valence-corrected chi connectivity index (χ3v) is 2.97. The van der Waals surface area contributed by atoms with Crippen LogP contribution in [0.3, 0.4) is 0 Å². The minimum atomic E-state index is -0.331. The summed E-state index contributed by atoms with van der Waals surface area (Å²) >= 11 is 0. The molecule has 0 amide bonds. The molecule has 2 fully saturated rings. The first-order chi connectivity index (χ1) is 8.29. The Hall–Kier alpha value is -0.650. The first-order valence-electron chi connectivity index (χ1n) is 6.41. The maximum Gasteiger partial charge on any atom is 0.325 e. The van der Waals surface area contributed by atoms with Crippen LogP contribution in [0.1, 0.15) is 26.2 Å². The maximum atomic E-state index is 11.7. The van der Waals surface area contributed by atoms with E-state index in [-0.39, 0.29) is 18.1 Å². The molecule has 5 heteroatoms. The highest BCUT2D eigenvalue weighted by atomic mass is 16.6. The second-order valence-electron chi connectivity index (χ2n) is 4.56. The van der Waals surface area contributed by atoms with Gasteiger partial charge in [-0.2, -0.15) is 0 Å². The van der Waals surface area contributed by atoms with Crippen LogP contribution in [-0.4, -0.2) is 50.6 Å². The van der Waals surface area contributed by atoms with E-state index in [0.29, 0.717) is 25.9 Å². The molecule has 2 unspecified atom stereocenters. The number of hydrogen-bond donors (Lipinski definition) is 1. The molecule has 2 atom stereocenters. The van der Waals surface area contributed by atoms with Gasteiger partial charge in [0, 0.05) is 12.6 Å². The van der Waals surface area contributed by atoms with Gasteiger partial charge in [-0.1, -0.05) is 0 Å². The van der Waals surface area contributed by atoms with Crippen molar-refractivity contribution in [3.8, 4) is 0 Å². The molecule has 0 bridgehead atoms. The Labute approximate surface area is 102 Å². The van der Waals surface area contributed by atoms with Gasteiger partial charge in [0.05, 0.1) is 25.9 Å². The molecule has 0 radical (unpaired) electrons. The molecule has 0 aromatic carbocycles. The standard InChI is InChI=1S/C12H21NO4/c1-2-16-12(14)11(13-9-3-4-9)8-17-10-5-6-15-7-10/h9-11,13H,2-8H2,1H3. The summed E-state index contributed by atoms with van der Waals surface area (Å²) in [5.74, 6) is -0.210. The molecular weight excluding hydrogens is 222 g/mol. The van der Waals surface area contributed by atoms with Crippen molar-refractivity contribution in [3.63, 3.8) is 0 Å². The van der Waals surface area contributed by atoms with E-state index in [1.165, 1.54) is 0 Å². The Morgan fingerprint density at radius 2 is 2.29 bits per heavy atom. The molecule has 0 spiro atoms. The van der Waals surface area contributed by atoms with E-state index in [1.807, 2.05) is 6.92 Å². The molecule has 1 heterocycles. The van der Waals surface area contributed by atoms with Gasteiger partial charge >= 0.3 is 5.97 Å². The summed E-state index contributed by atoms with van der Waals surface area (Å²) in [6.07, 6.45) is 3.33. The third kappa shape index (κ3) is 4.26. The van der Waals surface area contributed by atoms with Gasteiger partial charge in [0.15, 0.2) is 0 Å². The largest absolute Gasteiger partial charge is 0.465 e. The SMILES string of the molecule is CCOC(=O)C(COC1CCOC1)NC1CC1. The quantitative estimate of drug-likeness (QED) is 0.659. The fourth-order valence-corrected chi connectivity index (χ4v) is 1.84. The molecule has 2 rings (SSSR count). The number of ether oxygens (including phenoxy) is 3. The summed E-state index contributed by atoms with van der Waals surface area (Å²) in [6.45, 7) is 4.00. The average Bonchev–Trinajstić information content (AvgIpc) is 2.98. The van der Waals surface area contributed by atoms with E-state index in [1.54, 1.807) is 0 Å². The van der Waals surface area contributed by atoms with Crippen LogP contribution in [0.5, 0.6) is 0 Å². The van der Waals surface area contributed by atoms with Crippen LogP contribution in [0.2, 0.25) is 0 Å². The van der Waals surface area contributed by atoms with Crippen LogP contribution in [0, 0.1) is 0 Å². The Balaban J connectivity index is 1.74. The smallest absolute Gasteiger partial charge is 0.325 e. The van der Waals surface area contributed by atoms with Gasteiger partial charge in [-0.3, -0.25) is 10.1 Å². The van der Waals surface area contributed by atoms with Crippen LogP contribution < -0.4 is 5.32 Å². The Morgan fingerprint density at radius 3 is 2.88 bits per heavy atom. The van der Waals surface area contributed by atoms with Crippen molar-refractivity contribution in [1.29, 1.82) is 0 Å². The van der Waals surface area contributed by atoms with E-state index in [4.69, 9.17) is 14.2 Å². The highest BCUT2D eigenvalue weighted by Crippen LogP contribution is 2.20. The normalized spacial score (nSPS) is 25.8. The molecule has 1 saturated carbocycles. The predicted molar refractivity (Wildman–Crippen MR) is 61.8 cm³/mol. The highest BCUT2D eigenvalue weighted by Gasteiger charge is 2.30. The topological polar surface area (TPSA) is 56.8 Å². The van der Waals surface area contributed by atoms with Gasteiger partial charge in [-0.05, 0) is 26.2 Å². The van der Waals surface area contributed by atoms with Gasteiger partial charge in [-0.25, -0.2) is 0 Å². The number of hydrogen-bond acceptors (Lipinski definition) is 5. The van der Waals surface area contributed by atoms with Crippen LogP contribution in [-0.2, 0) is 19.0 Å². The van der Waals surface area contributed by atoms with Gasteiger partial charge in [-0.15, -0.1) is 0 Å². The number of carbonyl (C=O) groups excluding carboxylic acids is 1. The fourth-order valence-electron chi connectivity index (χ4n) is 1.84. The second kappa shape index (κ2) is 6.33. The van der Waals surface area contributed by atoms with Crippen LogP contribution in [0.25, 0.3) is 0 Å². The summed E-state index contributed by atoms with van der Waals surface area (Å²) in [7, 11) is 0. The molecule has 1 N–H and O–H groups in total. The Bertz CT molecular complexity index is 249. The Kier molecular flexibility index (Phi) is 4.76. The molecule has 1 aliphatic carbocycles.